The molecule has 4 aromatic rings. The summed E-state index contributed by atoms with van der Waals surface area (Å²) in [5.74, 6) is 0.713. The summed E-state index contributed by atoms with van der Waals surface area (Å²) in [6.07, 6.45) is -0.492. The zero-order valence-corrected chi connectivity index (χ0v) is 28.3. The van der Waals surface area contributed by atoms with Gasteiger partial charge in [-0.25, -0.2) is 0 Å². The topological polar surface area (TPSA) is 156 Å². The highest BCUT2D eigenvalue weighted by atomic mass is 16.5. The van der Waals surface area contributed by atoms with Crippen LogP contribution in [0.25, 0.3) is 11.1 Å². The SMILES string of the molecule is COc1nc(OCc2cccc(-c3cccc(COc4ccc(CN5C[C@H](O)C[C@@H]5C(=O)O)c(OC)n4)c3C)c2C)ccc1CNCCO. The lowest BCUT2D eigenvalue weighted by Crippen LogP contribution is -2.35. The molecule has 1 aliphatic rings. The van der Waals surface area contributed by atoms with E-state index in [2.05, 4.69) is 41.3 Å². The molecule has 0 radical (unpaired) electrons. The van der Waals surface area contributed by atoms with Gasteiger partial charge in [0.2, 0.25) is 23.5 Å². The van der Waals surface area contributed by atoms with Crippen molar-refractivity contribution < 1.29 is 39.1 Å². The minimum absolute atomic E-state index is 0.0573. The van der Waals surface area contributed by atoms with Gasteiger partial charge in [-0.3, -0.25) is 9.69 Å². The molecule has 2 atom stereocenters. The summed E-state index contributed by atoms with van der Waals surface area (Å²) in [5, 5.41) is 31.7. The van der Waals surface area contributed by atoms with Gasteiger partial charge in [0.15, 0.2) is 0 Å². The number of likely N-dealkylation sites (tertiary alicyclic amines) is 1. The summed E-state index contributed by atoms with van der Waals surface area (Å²) in [6, 6.07) is 18.8. The van der Waals surface area contributed by atoms with Crippen molar-refractivity contribution >= 4 is 5.97 Å². The van der Waals surface area contributed by atoms with Gasteiger partial charge >= 0.3 is 5.97 Å². The van der Waals surface area contributed by atoms with Crippen LogP contribution in [0.5, 0.6) is 23.5 Å². The average molecular weight is 673 g/mol. The van der Waals surface area contributed by atoms with Crippen LogP contribution in [0.15, 0.2) is 60.7 Å². The minimum Gasteiger partial charge on any atom is -0.481 e. The lowest BCUT2D eigenvalue weighted by atomic mass is 9.92. The van der Waals surface area contributed by atoms with Gasteiger partial charge in [-0.15, -0.1) is 0 Å². The fourth-order valence-corrected chi connectivity index (χ4v) is 6.07. The van der Waals surface area contributed by atoms with Crippen molar-refractivity contribution in [3.63, 3.8) is 0 Å². The Morgan fingerprint density at radius 3 is 1.92 bits per heavy atom. The Morgan fingerprint density at radius 2 is 1.39 bits per heavy atom. The van der Waals surface area contributed by atoms with Crippen LogP contribution in [0.2, 0.25) is 0 Å². The van der Waals surface area contributed by atoms with E-state index in [1.165, 1.54) is 7.11 Å². The molecule has 12 heteroatoms. The van der Waals surface area contributed by atoms with Gasteiger partial charge in [-0.05, 0) is 59.4 Å². The molecule has 49 heavy (non-hydrogen) atoms. The maximum absolute atomic E-state index is 11.7. The van der Waals surface area contributed by atoms with E-state index in [1.54, 1.807) is 18.1 Å². The number of aliphatic carboxylic acids is 1. The molecule has 0 unspecified atom stereocenters. The van der Waals surface area contributed by atoms with Gasteiger partial charge in [-0.1, -0.05) is 36.4 Å². The zero-order valence-electron chi connectivity index (χ0n) is 28.3. The molecule has 3 heterocycles. The Labute approximate surface area is 286 Å². The maximum Gasteiger partial charge on any atom is 0.321 e. The van der Waals surface area contributed by atoms with E-state index in [9.17, 15) is 15.0 Å². The normalized spacial score (nSPS) is 16.0. The first-order valence-electron chi connectivity index (χ1n) is 16.2. The monoisotopic (exact) mass is 672 g/mol. The van der Waals surface area contributed by atoms with E-state index in [0.29, 0.717) is 48.8 Å². The number of nitrogens with zero attached hydrogens (tertiary/aromatic N) is 3. The van der Waals surface area contributed by atoms with E-state index < -0.39 is 18.1 Å². The number of aromatic nitrogens is 2. The van der Waals surface area contributed by atoms with Crippen molar-refractivity contribution in [1.82, 2.24) is 20.2 Å². The number of β-amino-alcohol motifs (C(OH)–C–C–N with tert-alkyl or cyclic N) is 1. The van der Waals surface area contributed by atoms with E-state index in [-0.39, 0.29) is 32.7 Å². The van der Waals surface area contributed by atoms with Crippen LogP contribution in [-0.4, -0.2) is 82.2 Å². The van der Waals surface area contributed by atoms with Crippen molar-refractivity contribution in [2.45, 2.75) is 58.7 Å². The largest absolute Gasteiger partial charge is 0.481 e. The standard InChI is InChI=1S/C37H44N4O8/c1-23-27(21-48-33-13-11-25(18-38-15-16-42)35(39-33)46-3)7-5-9-30(23)31-10-6-8-28(24(31)2)22-49-34-14-12-26(36(40-34)47-4)19-41-20-29(43)17-32(41)37(44)45/h5-14,29,32,38,42-43H,15-22H2,1-4H3,(H,44,45)/t29-,32-/m1/s1. The van der Waals surface area contributed by atoms with Crippen molar-refractivity contribution in [2.24, 2.45) is 0 Å². The third-order valence-electron chi connectivity index (χ3n) is 8.79. The summed E-state index contributed by atoms with van der Waals surface area (Å²) in [5.41, 5.74) is 7.98. The van der Waals surface area contributed by atoms with Crippen LogP contribution in [-0.2, 0) is 31.1 Å². The molecule has 1 saturated heterocycles. The van der Waals surface area contributed by atoms with Crippen molar-refractivity contribution in [2.75, 3.05) is 33.9 Å². The number of aliphatic hydroxyl groups is 2. The number of methoxy groups -OCH3 is 2. The summed E-state index contributed by atoms with van der Waals surface area (Å²) < 4.78 is 23.2. The molecule has 2 aromatic heterocycles. The lowest BCUT2D eigenvalue weighted by Gasteiger charge is -2.21. The summed E-state index contributed by atoms with van der Waals surface area (Å²) in [4.78, 5) is 22.4. The molecule has 0 spiro atoms. The van der Waals surface area contributed by atoms with Crippen LogP contribution in [0.1, 0.15) is 39.8 Å². The third-order valence-corrected chi connectivity index (χ3v) is 8.79. The first-order valence-corrected chi connectivity index (χ1v) is 16.2. The first-order chi connectivity index (χ1) is 23.7. The molecule has 260 valence electrons. The van der Waals surface area contributed by atoms with Crippen molar-refractivity contribution in [3.05, 3.63) is 94.0 Å². The van der Waals surface area contributed by atoms with Crippen LogP contribution >= 0.6 is 0 Å². The van der Waals surface area contributed by atoms with E-state index in [0.717, 1.165) is 38.9 Å². The number of benzene rings is 2. The number of hydrogen-bond donors (Lipinski definition) is 4. The van der Waals surface area contributed by atoms with Gasteiger partial charge in [-0.2, -0.15) is 9.97 Å². The molecule has 0 bridgehead atoms. The predicted molar refractivity (Wildman–Crippen MR) is 183 cm³/mol. The number of carboxylic acids is 1. The smallest absolute Gasteiger partial charge is 0.321 e. The fraction of sp³-hybridized carbons (Fsp3) is 0.378. The number of carbonyl (C=O) groups is 1. The first kappa shape index (κ1) is 35.6. The van der Waals surface area contributed by atoms with Crippen LogP contribution in [0, 0.1) is 13.8 Å². The highest BCUT2D eigenvalue weighted by Gasteiger charge is 2.36. The number of carboxylic acid groups (broad SMARTS) is 1. The number of pyridine rings is 2. The Kier molecular flexibility index (Phi) is 12.0. The molecule has 1 fully saturated rings. The summed E-state index contributed by atoms with van der Waals surface area (Å²) in [6.45, 7) is 6.41. The second-order valence-corrected chi connectivity index (χ2v) is 12.0. The minimum atomic E-state index is -0.958. The summed E-state index contributed by atoms with van der Waals surface area (Å²) >= 11 is 0. The molecular weight excluding hydrogens is 628 g/mol. The third kappa shape index (κ3) is 8.65. The van der Waals surface area contributed by atoms with Gasteiger partial charge < -0.3 is 39.6 Å². The number of ether oxygens (including phenoxy) is 4. The van der Waals surface area contributed by atoms with Gasteiger partial charge in [0.05, 0.1) is 26.9 Å². The van der Waals surface area contributed by atoms with Crippen LogP contribution in [0.3, 0.4) is 0 Å². The van der Waals surface area contributed by atoms with E-state index in [1.807, 2.05) is 42.5 Å². The van der Waals surface area contributed by atoms with E-state index >= 15 is 0 Å². The number of hydrogen-bond acceptors (Lipinski definition) is 11. The number of nitrogens with one attached hydrogen (secondary N) is 1. The molecule has 0 aliphatic carbocycles. The summed E-state index contributed by atoms with van der Waals surface area (Å²) in [7, 11) is 3.09. The Morgan fingerprint density at radius 1 is 0.837 bits per heavy atom. The molecule has 1 aliphatic heterocycles. The molecular formula is C37H44N4O8. The van der Waals surface area contributed by atoms with Gasteiger partial charge in [0.25, 0.3) is 0 Å². The van der Waals surface area contributed by atoms with Crippen molar-refractivity contribution in [3.8, 4) is 34.6 Å². The van der Waals surface area contributed by atoms with Crippen molar-refractivity contribution in [1.29, 1.82) is 0 Å². The predicted octanol–water partition coefficient (Wildman–Crippen LogP) is 4.04. The Balaban J connectivity index is 1.26. The van der Waals surface area contributed by atoms with Gasteiger partial charge in [0, 0.05) is 55.9 Å². The Bertz CT molecular complexity index is 1750. The van der Waals surface area contributed by atoms with E-state index in [4.69, 9.17) is 24.1 Å². The second-order valence-electron chi connectivity index (χ2n) is 12.0. The fourth-order valence-electron chi connectivity index (χ4n) is 6.07. The van der Waals surface area contributed by atoms with Gasteiger partial charge in [0.1, 0.15) is 19.3 Å². The Hall–Kier alpha value is -4.75. The number of rotatable bonds is 16. The highest BCUT2D eigenvalue weighted by molar-refractivity contribution is 5.74. The molecule has 2 aromatic carbocycles. The van der Waals surface area contributed by atoms with Crippen LogP contribution in [0.4, 0.5) is 0 Å². The zero-order chi connectivity index (χ0) is 34.9. The molecule has 0 saturated carbocycles. The molecule has 12 nitrogen and oxygen atoms in total. The highest BCUT2D eigenvalue weighted by Crippen LogP contribution is 2.32. The second kappa shape index (κ2) is 16.6. The number of aliphatic hydroxyl groups excluding tert-OH is 2. The quantitative estimate of drug-likeness (QED) is 0.127. The molecule has 5 rings (SSSR count). The molecule has 0 amide bonds. The maximum atomic E-state index is 11.7. The molecule has 4 N–H and O–H groups in total. The van der Waals surface area contributed by atoms with Crippen LogP contribution < -0.4 is 24.3 Å². The average Bonchev–Trinajstić information content (AvgIpc) is 3.48. The lowest BCUT2D eigenvalue weighted by molar-refractivity contribution is -0.142.